The van der Waals surface area contributed by atoms with Gasteiger partial charge in [0.25, 0.3) is 0 Å². The third-order valence-electron chi connectivity index (χ3n) is 2.46. The Balaban J connectivity index is 1.95. The molecule has 2 aromatic heterocycles. The Hall–Kier alpha value is -2.29. The highest BCUT2D eigenvalue weighted by Crippen LogP contribution is 2.16. The molecule has 0 atom stereocenters. The fourth-order valence-corrected chi connectivity index (χ4v) is 1.67. The Morgan fingerprint density at radius 3 is 2.94 bits per heavy atom. The van der Waals surface area contributed by atoms with Crippen molar-refractivity contribution in [2.75, 3.05) is 0 Å². The third-order valence-corrected chi connectivity index (χ3v) is 2.46. The number of rotatable bonds is 2. The number of aromatic amines is 1. The number of nitrogens with one attached hydrogen (secondary N) is 1. The second-order valence-corrected chi connectivity index (χ2v) is 3.60. The summed E-state index contributed by atoms with van der Waals surface area (Å²) < 4.78 is 4.75. The van der Waals surface area contributed by atoms with Crippen molar-refractivity contribution in [3.8, 4) is 0 Å². The Morgan fingerprint density at radius 2 is 2.12 bits per heavy atom. The summed E-state index contributed by atoms with van der Waals surface area (Å²) >= 11 is 0. The highest BCUT2D eigenvalue weighted by atomic mass is 16.5. The molecule has 78 valence electrons. The molecule has 0 bridgehead atoms. The molecular weight excluding hydrogens is 200 g/mol. The lowest BCUT2D eigenvalue weighted by molar-refractivity contribution is 0.419. The second kappa shape index (κ2) is 3.70. The van der Waals surface area contributed by atoms with Crippen LogP contribution in [0.5, 0.6) is 0 Å². The van der Waals surface area contributed by atoms with Gasteiger partial charge in [-0.15, -0.1) is 0 Å². The third kappa shape index (κ3) is 1.63. The van der Waals surface area contributed by atoms with Crippen LogP contribution in [-0.4, -0.2) is 10.1 Å². The van der Waals surface area contributed by atoms with Crippen molar-refractivity contribution < 1.29 is 4.52 Å². The average molecular weight is 210 g/mol. The standard InChI is InChI=1S/C13H10N2O/c1-2-4-13-11(3-1)7-12(15-13)6-5-10-8-14-16-9-10/h1-9,15H/b6-5+. The normalized spacial score (nSPS) is 11.5. The van der Waals surface area contributed by atoms with E-state index < -0.39 is 0 Å². The highest BCUT2D eigenvalue weighted by molar-refractivity contribution is 5.84. The van der Waals surface area contributed by atoms with E-state index in [-0.39, 0.29) is 0 Å². The molecule has 0 fully saturated rings. The molecule has 3 heteroatoms. The molecule has 1 N–H and O–H groups in total. The van der Waals surface area contributed by atoms with Crippen LogP contribution in [0.3, 0.4) is 0 Å². The molecule has 0 unspecified atom stereocenters. The molecule has 3 rings (SSSR count). The summed E-state index contributed by atoms with van der Waals surface area (Å²) in [7, 11) is 0. The number of hydrogen-bond donors (Lipinski definition) is 1. The Bertz CT molecular complexity index is 587. The Kier molecular flexibility index (Phi) is 2.07. The number of para-hydroxylation sites is 1. The van der Waals surface area contributed by atoms with Gasteiger partial charge < -0.3 is 9.51 Å². The van der Waals surface area contributed by atoms with E-state index in [1.165, 1.54) is 5.39 Å². The molecule has 0 saturated carbocycles. The summed E-state index contributed by atoms with van der Waals surface area (Å²) in [6, 6.07) is 10.3. The SMILES string of the molecule is C(=C\c1cc2ccccc2[nH]1)/c1cnoc1. The molecular formula is C13H10N2O. The molecule has 1 aromatic carbocycles. The zero-order chi connectivity index (χ0) is 10.8. The summed E-state index contributed by atoms with van der Waals surface area (Å²) in [5.74, 6) is 0. The van der Waals surface area contributed by atoms with Gasteiger partial charge in [-0.1, -0.05) is 23.4 Å². The van der Waals surface area contributed by atoms with Crippen LogP contribution in [0.25, 0.3) is 23.1 Å². The number of benzene rings is 1. The van der Waals surface area contributed by atoms with Gasteiger partial charge in [0.2, 0.25) is 0 Å². The number of fused-ring (bicyclic) bond motifs is 1. The van der Waals surface area contributed by atoms with Gasteiger partial charge in [-0.25, -0.2) is 0 Å². The van der Waals surface area contributed by atoms with Crippen molar-refractivity contribution in [2.45, 2.75) is 0 Å². The van der Waals surface area contributed by atoms with Gasteiger partial charge >= 0.3 is 0 Å². The van der Waals surface area contributed by atoms with Crippen molar-refractivity contribution in [1.29, 1.82) is 0 Å². The van der Waals surface area contributed by atoms with E-state index in [9.17, 15) is 0 Å². The lowest BCUT2D eigenvalue weighted by atomic mass is 10.2. The van der Waals surface area contributed by atoms with Crippen molar-refractivity contribution in [1.82, 2.24) is 10.1 Å². The topological polar surface area (TPSA) is 41.8 Å². The predicted octanol–water partition coefficient (Wildman–Crippen LogP) is 3.33. The summed E-state index contributed by atoms with van der Waals surface area (Å²) in [5, 5.41) is 4.86. The van der Waals surface area contributed by atoms with E-state index in [1.807, 2.05) is 24.3 Å². The van der Waals surface area contributed by atoms with Crippen LogP contribution < -0.4 is 0 Å². The average Bonchev–Trinajstić information content (AvgIpc) is 2.95. The molecule has 0 aliphatic carbocycles. The Labute approximate surface area is 92.4 Å². The maximum absolute atomic E-state index is 4.75. The predicted molar refractivity (Wildman–Crippen MR) is 63.7 cm³/mol. The van der Waals surface area contributed by atoms with E-state index in [2.05, 4.69) is 28.3 Å². The fourth-order valence-electron chi connectivity index (χ4n) is 1.67. The van der Waals surface area contributed by atoms with Gasteiger partial charge in [0, 0.05) is 16.8 Å². The van der Waals surface area contributed by atoms with Gasteiger partial charge in [-0.05, 0) is 29.7 Å². The first kappa shape index (κ1) is 8.97. The molecule has 2 heterocycles. The summed E-state index contributed by atoms with van der Waals surface area (Å²) in [4.78, 5) is 3.32. The van der Waals surface area contributed by atoms with Crippen LogP contribution in [0.2, 0.25) is 0 Å². The quantitative estimate of drug-likeness (QED) is 0.704. The number of hydrogen-bond acceptors (Lipinski definition) is 2. The summed E-state index contributed by atoms with van der Waals surface area (Å²) in [5.41, 5.74) is 3.17. The zero-order valence-corrected chi connectivity index (χ0v) is 8.55. The maximum atomic E-state index is 4.75. The van der Waals surface area contributed by atoms with E-state index in [4.69, 9.17) is 4.52 Å². The van der Waals surface area contributed by atoms with Crippen LogP contribution in [0.15, 0.2) is 47.3 Å². The monoisotopic (exact) mass is 210 g/mol. The first-order valence-electron chi connectivity index (χ1n) is 5.07. The molecule has 0 amide bonds. The van der Waals surface area contributed by atoms with Crippen LogP contribution in [0.4, 0.5) is 0 Å². The molecule has 0 spiro atoms. The molecule has 3 nitrogen and oxygen atoms in total. The molecule has 0 saturated heterocycles. The Morgan fingerprint density at radius 1 is 1.19 bits per heavy atom. The van der Waals surface area contributed by atoms with Crippen LogP contribution in [0, 0.1) is 0 Å². The van der Waals surface area contributed by atoms with E-state index in [1.54, 1.807) is 12.5 Å². The van der Waals surface area contributed by atoms with Crippen LogP contribution >= 0.6 is 0 Å². The smallest absolute Gasteiger partial charge is 0.131 e. The van der Waals surface area contributed by atoms with Gasteiger partial charge in [-0.3, -0.25) is 0 Å². The number of aromatic nitrogens is 2. The van der Waals surface area contributed by atoms with Gasteiger partial charge in [0.1, 0.15) is 6.26 Å². The molecule has 0 aliphatic rings. The minimum Gasteiger partial charge on any atom is -0.364 e. The van der Waals surface area contributed by atoms with Crippen LogP contribution in [0.1, 0.15) is 11.3 Å². The van der Waals surface area contributed by atoms with E-state index >= 15 is 0 Å². The highest BCUT2D eigenvalue weighted by Gasteiger charge is 1.96. The minimum absolute atomic E-state index is 0.957. The first-order valence-corrected chi connectivity index (χ1v) is 5.07. The zero-order valence-electron chi connectivity index (χ0n) is 8.55. The van der Waals surface area contributed by atoms with Crippen molar-refractivity contribution in [2.24, 2.45) is 0 Å². The molecule has 0 radical (unpaired) electrons. The van der Waals surface area contributed by atoms with E-state index in [0.717, 1.165) is 16.8 Å². The van der Waals surface area contributed by atoms with Crippen molar-refractivity contribution >= 4 is 23.1 Å². The van der Waals surface area contributed by atoms with Crippen LogP contribution in [-0.2, 0) is 0 Å². The molecule has 3 aromatic rings. The molecule has 16 heavy (non-hydrogen) atoms. The lowest BCUT2D eigenvalue weighted by Crippen LogP contribution is -1.68. The fraction of sp³-hybridized carbons (Fsp3) is 0. The first-order chi connectivity index (χ1) is 7.92. The maximum Gasteiger partial charge on any atom is 0.131 e. The van der Waals surface area contributed by atoms with Gasteiger partial charge in [0.15, 0.2) is 0 Å². The van der Waals surface area contributed by atoms with E-state index in [0.29, 0.717) is 0 Å². The van der Waals surface area contributed by atoms with Gasteiger partial charge in [0.05, 0.1) is 6.20 Å². The number of nitrogens with zero attached hydrogens (tertiary/aromatic N) is 1. The largest absolute Gasteiger partial charge is 0.364 e. The van der Waals surface area contributed by atoms with Crippen molar-refractivity contribution in [3.63, 3.8) is 0 Å². The lowest BCUT2D eigenvalue weighted by Gasteiger charge is -1.84. The minimum atomic E-state index is 0.957. The summed E-state index contributed by atoms with van der Waals surface area (Å²) in [6.07, 6.45) is 7.26. The van der Waals surface area contributed by atoms with Gasteiger partial charge in [-0.2, -0.15) is 0 Å². The van der Waals surface area contributed by atoms with Crippen molar-refractivity contribution in [3.05, 3.63) is 54.0 Å². The second-order valence-electron chi connectivity index (χ2n) is 3.60. The molecule has 0 aliphatic heterocycles. The summed E-state index contributed by atoms with van der Waals surface area (Å²) in [6.45, 7) is 0. The number of H-pyrrole nitrogens is 1.